The Morgan fingerprint density at radius 2 is 1.79 bits per heavy atom. The van der Waals surface area contributed by atoms with Crippen LogP contribution in [-0.2, 0) is 0 Å². The van der Waals surface area contributed by atoms with Gasteiger partial charge in [0.25, 0.3) is 0 Å². The first-order valence-corrected chi connectivity index (χ1v) is 10.0. The van der Waals surface area contributed by atoms with Crippen LogP contribution in [0.4, 0.5) is 5.69 Å². The van der Waals surface area contributed by atoms with E-state index in [9.17, 15) is 0 Å². The summed E-state index contributed by atoms with van der Waals surface area (Å²) in [6.07, 6.45) is 10.2. The van der Waals surface area contributed by atoms with E-state index in [1.807, 2.05) is 19.1 Å². The highest BCUT2D eigenvalue weighted by molar-refractivity contribution is 5.86. The summed E-state index contributed by atoms with van der Waals surface area (Å²) in [5.74, 6) is 0. The van der Waals surface area contributed by atoms with Gasteiger partial charge in [0.05, 0.1) is 5.52 Å². The number of hydrogen-bond donors (Lipinski definition) is 1. The lowest BCUT2D eigenvalue weighted by molar-refractivity contribution is 1.05. The fraction of sp³-hybridized carbons (Fsp3) is 0.231. The number of para-hydroxylation sites is 1. The van der Waals surface area contributed by atoms with Crippen LogP contribution in [0.3, 0.4) is 0 Å². The van der Waals surface area contributed by atoms with Gasteiger partial charge in [-0.1, -0.05) is 50.3 Å². The van der Waals surface area contributed by atoms with Crippen molar-refractivity contribution >= 4 is 16.6 Å². The van der Waals surface area contributed by atoms with E-state index in [1.54, 1.807) is 0 Å². The highest BCUT2D eigenvalue weighted by atomic mass is 15.0. The normalized spacial score (nSPS) is 11.4. The molecule has 0 saturated heterocycles. The molecule has 146 valence electrons. The molecule has 0 fully saturated rings. The molecule has 0 amide bonds. The van der Waals surface area contributed by atoms with Crippen molar-refractivity contribution in [1.29, 1.82) is 0 Å². The van der Waals surface area contributed by atoms with Gasteiger partial charge in [0, 0.05) is 28.2 Å². The number of aryl methyl sites for hydroxylation is 1. The third-order valence-electron chi connectivity index (χ3n) is 4.46. The van der Waals surface area contributed by atoms with Crippen LogP contribution in [0.1, 0.15) is 39.3 Å². The number of hydrogen-bond acceptors (Lipinski definition) is 1. The van der Waals surface area contributed by atoms with Gasteiger partial charge in [-0.3, -0.25) is 0 Å². The van der Waals surface area contributed by atoms with E-state index >= 15 is 0 Å². The van der Waals surface area contributed by atoms with E-state index in [4.69, 9.17) is 0 Å². The molecule has 1 heterocycles. The average Bonchev–Trinajstić information content (AvgIpc) is 3.06. The maximum absolute atomic E-state index is 3.52. The molecular weight excluding hydrogens is 340 g/mol. The van der Waals surface area contributed by atoms with Crippen LogP contribution >= 0.6 is 0 Å². The minimum atomic E-state index is 0.979. The van der Waals surface area contributed by atoms with Crippen molar-refractivity contribution in [2.24, 2.45) is 0 Å². The molecule has 0 radical (unpaired) electrons. The summed E-state index contributed by atoms with van der Waals surface area (Å²) in [4.78, 5) is 0. The highest BCUT2D eigenvalue weighted by Gasteiger charge is 2.08. The topological polar surface area (TPSA) is 17.0 Å². The molecule has 0 aliphatic carbocycles. The molecule has 0 aliphatic rings. The molecule has 0 aliphatic heterocycles. The number of nitrogens with zero attached hydrogens (tertiary/aromatic N) is 1. The van der Waals surface area contributed by atoms with E-state index < -0.39 is 0 Å². The molecule has 0 atom stereocenters. The van der Waals surface area contributed by atoms with E-state index in [2.05, 4.69) is 104 Å². The number of fused-ring (bicyclic) bond motifs is 1. The molecule has 2 heteroatoms. The Hall–Kier alpha value is -3.00. The van der Waals surface area contributed by atoms with E-state index in [0.717, 1.165) is 18.5 Å². The number of rotatable bonds is 6. The van der Waals surface area contributed by atoms with Gasteiger partial charge in [-0.15, -0.1) is 6.58 Å². The first-order chi connectivity index (χ1) is 13.6. The Morgan fingerprint density at radius 3 is 2.39 bits per heavy atom. The smallest absolute Gasteiger partial charge is 0.0532 e. The largest absolute Gasteiger partial charge is 0.359 e. The summed E-state index contributed by atoms with van der Waals surface area (Å²) in [7, 11) is 0. The van der Waals surface area contributed by atoms with Gasteiger partial charge >= 0.3 is 0 Å². The predicted molar refractivity (Wildman–Crippen MR) is 125 cm³/mol. The Kier molecular flexibility index (Phi) is 8.36. The van der Waals surface area contributed by atoms with Gasteiger partial charge in [0.15, 0.2) is 0 Å². The summed E-state index contributed by atoms with van der Waals surface area (Å²) in [5, 5.41) is 4.78. The zero-order valence-corrected chi connectivity index (χ0v) is 17.6. The standard InChI is InChI=1S/C22H24N2.C4H8/c1-4-6-10-19(5-2)23-20-13-14-22-18(16-20)15-17(3)24(22)21-11-8-7-9-12-21;1-3-4-2/h4,6-16,23H,5H2,1-3H3;3H,1,4H2,2H3/b6-4-,19-10+;. The lowest BCUT2D eigenvalue weighted by atomic mass is 10.2. The summed E-state index contributed by atoms with van der Waals surface area (Å²) in [5.41, 5.74) is 6.03. The van der Waals surface area contributed by atoms with Gasteiger partial charge in [-0.2, -0.15) is 0 Å². The summed E-state index contributed by atoms with van der Waals surface area (Å²) in [6.45, 7) is 11.9. The second-order valence-electron chi connectivity index (χ2n) is 6.62. The molecule has 0 saturated carbocycles. The maximum atomic E-state index is 3.52. The molecular formula is C26H32N2. The van der Waals surface area contributed by atoms with Crippen LogP contribution in [0.5, 0.6) is 0 Å². The van der Waals surface area contributed by atoms with Crippen LogP contribution in [-0.4, -0.2) is 4.57 Å². The molecule has 0 bridgehead atoms. The fourth-order valence-corrected chi connectivity index (χ4v) is 3.00. The zero-order valence-electron chi connectivity index (χ0n) is 17.6. The number of aromatic nitrogens is 1. The van der Waals surface area contributed by atoms with Crippen LogP contribution in [0.2, 0.25) is 0 Å². The van der Waals surface area contributed by atoms with Crippen molar-refractivity contribution in [2.75, 3.05) is 5.32 Å². The van der Waals surface area contributed by atoms with E-state index in [-0.39, 0.29) is 0 Å². The van der Waals surface area contributed by atoms with Crippen molar-refractivity contribution in [3.05, 3.63) is 96.9 Å². The monoisotopic (exact) mass is 372 g/mol. The molecule has 1 aromatic heterocycles. The van der Waals surface area contributed by atoms with Crippen LogP contribution in [0.25, 0.3) is 16.6 Å². The van der Waals surface area contributed by atoms with Crippen molar-refractivity contribution in [3.8, 4) is 5.69 Å². The molecule has 0 spiro atoms. The maximum Gasteiger partial charge on any atom is 0.0532 e. The Balaban J connectivity index is 0.000000640. The molecule has 2 nitrogen and oxygen atoms in total. The molecule has 2 aromatic carbocycles. The quantitative estimate of drug-likeness (QED) is 0.345. The summed E-state index contributed by atoms with van der Waals surface area (Å²) >= 11 is 0. The predicted octanol–water partition coefficient (Wildman–Crippen LogP) is 7.80. The highest BCUT2D eigenvalue weighted by Crippen LogP contribution is 2.27. The van der Waals surface area contributed by atoms with Gasteiger partial charge in [-0.25, -0.2) is 0 Å². The molecule has 3 rings (SSSR count). The number of benzene rings is 2. The Labute approximate surface area is 169 Å². The minimum Gasteiger partial charge on any atom is -0.359 e. The second kappa shape index (κ2) is 11.0. The summed E-state index contributed by atoms with van der Waals surface area (Å²) < 4.78 is 2.30. The molecule has 1 N–H and O–H groups in total. The minimum absolute atomic E-state index is 0.979. The van der Waals surface area contributed by atoms with Gasteiger partial charge in [0.1, 0.15) is 0 Å². The van der Waals surface area contributed by atoms with Gasteiger partial charge in [0.2, 0.25) is 0 Å². The van der Waals surface area contributed by atoms with Crippen LogP contribution in [0.15, 0.2) is 91.2 Å². The first kappa shape index (κ1) is 21.3. The average molecular weight is 373 g/mol. The number of anilines is 1. The molecule has 3 aromatic rings. The van der Waals surface area contributed by atoms with Crippen LogP contribution < -0.4 is 5.32 Å². The fourth-order valence-electron chi connectivity index (χ4n) is 3.00. The van der Waals surface area contributed by atoms with Gasteiger partial charge in [-0.05, 0) is 69.2 Å². The SMILES string of the molecule is C/C=C\C=C(/CC)Nc1ccc2c(c1)cc(C)n2-c1ccccc1.C=CCC. The van der Waals surface area contributed by atoms with E-state index in [1.165, 1.54) is 28.0 Å². The number of nitrogens with one attached hydrogen (secondary N) is 1. The van der Waals surface area contributed by atoms with Crippen molar-refractivity contribution in [1.82, 2.24) is 4.57 Å². The first-order valence-electron chi connectivity index (χ1n) is 10.0. The van der Waals surface area contributed by atoms with Crippen molar-refractivity contribution in [3.63, 3.8) is 0 Å². The lowest BCUT2D eigenvalue weighted by Crippen LogP contribution is -1.98. The Bertz CT molecular complexity index is 943. The van der Waals surface area contributed by atoms with E-state index in [0.29, 0.717) is 0 Å². The molecule has 28 heavy (non-hydrogen) atoms. The second-order valence-corrected chi connectivity index (χ2v) is 6.62. The van der Waals surface area contributed by atoms with Crippen molar-refractivity contribution in [2.45, 2.75) is 40.5 Å². The molecule has 0 unspecified atom stereocenters. The Morgan fingerprint density at radius 1 is 1.07 bits per heavy atom. The lowest BCUT2D eigenvalue weighted by Gasteiger charge is -2.11. The summed E-state index contributed by atoms with van der Waals surface area (Å²) in [6, 6.07) is 19.3. The van der Waals surface area contributed by atoms with Crippen molar-refractivity contribution < 1.29 is 0 Å². The van der Waals surface area contributed by atoms with Crippen LogP contribution in [0, 0.1) is 6.92 Å². The van der Waals surface area contributed by atoms with Gasteiger partial charge < -0.3 is 9.88 Å². The third-order valence-corrected chi connectivity index (χ3v) is 4.46. The zero-order chi connectivity index (χ0) is 20.4. The number of allylic oxidation sites excluding steroid dienone is 5. The third kappa shape index (κ3) is 5.50.